The van der Waals surface area contributed by atoms with Crippen LogP contribution in [0.2, 0.25) is 0 Å². The SMILES string of the molecule is COP(=O)(O)OP(=O)(O)OP(=O)(O)OC[C@H]1O[C@@H](n2cc(C)c(=O)[nH]c2=O)CC1O[C@H](C)SSC. The summed E-state index contributed by atoms with van der Waals surface area (Å²) in [7, 11) is -12.5. The van der Waals surface area contributed by atoms with Crippen LogP contribution in [0.3, 0.4) is 0 Å². The van der Waals surface area contributed by atoms with Crippen molar-refractivity contribution in [2.45, 2.75) is 44.1 Å². The Morgan fingerprint density at radius 2 is 1.83 bits per heavy atom. The number of phosphoric ester groups is 2. The third-order valence-corrected chi connectivity index (χ3v) is 10.5. The van der Waals surface area contributed by atoms with E-state index in [1.807, 2.05) is 6.26 Å². The zero-order valence-electron chi connectivity index (χ0n) is 18.7. The Balaban J connectivity index is 2.17. The van der Waals surface area contributed by atoms with Gasteiger partial charge in [-0.1, -0.05) is 21.6 Å². The molecule has 0 amide bonds. The molecule has 2 rings (SSSR count). The first-order valence-electron chi connectivity index (χ1n) is 9.52. The van der Waals surface area contributed by atoms with Crippen LogP contribution in [0.4, 0.5) is 0 Å². The lowest BCUT2D eigenvalue weighted by atomic mass is 10.2. The second kappa shape index (κ2) is 12.5. The van der Waals surface area contributed by atoms with E-state index in [0.29, 0.717) is 7.11 Å². The van der Waals surface area contributed by atoms with E-state index in [1.165, 1.54) is 34.7 Å². The molecule has 4 unspecified atom stereocenters. The maximum atomic E-state index is 12.2. The highest BCUT2D eigenvalue weighted by atomic mass is 33.1. The molecular formula is C14H25N2O14P3S2. The molecule has 202 valence electrons. The van der Waals surface area contributed by atoms with E-state index in [0.717, 1.165) is 4.57 Å². The second-order valence-electron chi connectivity index (χ2n) is 6.90. The molecule has 0 aliphatic carbocycles. The summed E-state index contributed by atoms with van der Waals surface area (Å²) in [5, 5.41) is 0. The minimum atomic E-state index is -5.57. The predicted octanol–water partition coefficient (Wildman–Crippen LogP) is 1.87. The first-order chi connectivity index (χ1) is 16.1. The minimum absolute atomic E-state index is 0.0818. The van der Waals surface area contributed by atoms with Crippen LogP contribution < -0.4 is 11.2 Å². The summed E-state index contributed by atoms with van der Waals surface area (Å²) in [4.78, 5) is 54.4. The molecule has 16 nitrogen and oxygen atoms in total. The Bertz CT molecular complexity index is 1140. The van der Waals surface area contributed by atoms with Gasteiger partial charge < -0.3 is 24.2 Å². The van der Waals surface area contributed by atoms with Gasteiger partial charge in [0, 0.05) is 25.3 Å². The highest BCUT2D eigenvalue weighted by Crippen LogP contribution is 2.67. The van der Waals surface area contributed by atoms with Crippen molar-refractivity contribution in [3.05, 3.63) is 32.6 Å². The van der Waals surface area contributed by atoms with Crippen LogP contribution in [0.25, 0.3) is 0 Å². The van der Waals surface area contributed by atoms with Crippen LogP contribution in [0, 0.1) is 6.92 Å². The lowest BCUT2D eigenvalue weighted by Crippen LogP contribution is -2.33. The highest BCUT2D eigenvalue weighted by molar-refractivity contribution is 8.76. The molecule has 0 aromatic carbocycles. The Morgan fingerprint density at radius 1 is 1.20 bits per heavy atom. The molecule has 0 bridgehead atoms. The van der Waals surface area contributed by atoms with Crippen molar-refractivity contribution in [3.63, 3.8) is 0 Å². The standard InChI is InChI=1S/C14H25N2O14P3S2/c1-8-6-16(14(18)15-13(8)17)12-5-10(27-9(2)35-34-4)11(28-12)7-26-32(21,22)30-33(23,24)29-31(19,20)25-3/h6,9-12H,5,7H2,1-4H3,(H,19,20)(H,21,22)(H,23,24)(H,15,17,18)/t9-,10?,11+,12+/m0/s1. The normalized spacial score (nSPS) is 26.5. The molecule has 0 saturated carbocycles. The van der Waals surface area contributed by atoms with Crippen molar-refractivity contribution < 1.29 is 55.5 Å². The summed E-state index contributed by atoms with van der Waals surface area (Å²) in [6.07, 6.45) is 0.390. The van der Waals surface area contributed by atoms with Crippen molar-refractivity contribution in [1.29, 1.82) is 0 Å². The Morgan fingerprint density at radius 3 is 2.43 bits per heavy atom. The van der Waals surface area contributed by atoms with Gasteiger partial charge in [0.25, 0.3) is 5.56 Å². The van der Waals surface area contributed by atoms with E-state index in [9.17, 15) is 33.1 Å². The number of rotatable bonds is 13. The van der Waals surface area contributed by atoms with Gasteiger partial charge in [-0.25, -0.2) is 18.5 Å². The number of phosphoric acid groups is 3. The zero-order valence-corrected chi connectivity index (χ0v) is 23.1. The van der Waals surface area contributed by atoms with E-state index < -0.39 is 59.8 Å². The number of H-pyrrole nitrogens is 1. The molecule has 7 atom stereocenters. The van der Waals surface area contributed by atoms with Gasteiger partial charge in [-0.3, -0.25) is 23.4 Å². The molecule has 1 aliphatic heterocycles. The van der Waals surface area contributed by atoms with Crippen LogP contribution in [0.15, 0.2) is 15.8 Å². The molecule has 0 radical (unpaired) electrons. The molecule has 1 saturated heterocycles. The van der Waals surface area contributed by atoms with Crippen molar-refractivity contribution >= 4 is 45.1 Å². The monoisotopic (exact) mass is 602 g/mol. The first-order valence-corrected chi connectivity index (χ1v) is 16.6. The molecule has 1 aromatic rings. The fourth-order valence-corrected chi connectivity index (χ4v) is 7.54. The number of nitrogens with one attached hydrogen (secondary N) is 1. The van der Waals surface area contributed by atoms with E-state index in [-0.39, 0.29) is 17.4 Å². The Labute approximate surface area is 206 Å². The zero-order chi connectivity index (χ0) is 26.6. The van der Waals surface area contributed by atoms with Crippen LogP contribution in [-0.4, -0.2) is 61.8 Å². The molecule has 1 fully saturated rings. The fraction of sp³-hybridized carbons (Fsp3) is 0.714. The lowest BCUT2D eigenvalue weighted by molar-refractivity contribution is -0.0634. The van der Waals surface area contributed by atoms with Gasteiger partial charge in [-0.2, -0.15) is 8.62 Å². The average Bonchev–Trinajstić information content (AvgIpc) is 3.10. The van der Waals surface area contributed by atoms with Gasteiger partial charge in [0.05, 0.1) is 12.7 Å². The third-order valence-electron chi connectivity index (χ3n) is 4.28. The molecular weight excluding hydrogens is 577 g/mol. The molecule has 1 aliphatic rings. The summed E-state index contributed by atoms with van der Waals surface area (Å²) in [6.45, 7) is 2.51. The predicted molar refractivity (Wildman–Crippen MR) is 125 cm³/mol. The van der Waals surface area contributed by atoms with Gasteiger partial charge in [0.1, 0.15) is 17.8 Å². The average molecular weight is 602 g/mol. The van der Waals surface area contributed by atoms with Crippen molar-refractivity contribution in [3.8, 4) is 0 Å². The summed E-state index contributed by atoms with van der Waals surface area (Å²) in [6, 6.07) is 0. The number of aromatic nitrogens is 2. The van der Waals surface area contributed by atoms with Crippen molar-refractivity contribution in [2.24, 2.45) is 0 Å². The van der Waals surface area contributed by atoms with Gasteiger partial charge in [-0.05, 0) is 20.1 Å². The largest absolute Gasteiger partial charge is 0.490 e. The highest BCUT2D eigenvalue weighted by Gasteiger charge is 2.44. The number of nitrogens with zero attached hydrogens (tertiary/aromatic N) is 1. The summed E-state index contributed by atoms with van der Waals surface area (Å²) < 4.78 is 64.5. The summed E-state index contributed by atoms with van der Waals surface area (Å²) >= 11 is 0. The smallest absolute Gasteiger partial charge is 0.361 e. The molecule has 1 aromatic heterocycles. The second-order valence-corrected chi connectivity index (χ2v) is 14.4. The van der Waals surface area contributed by atoms with Gasteiger partial charge in [0.2, 0.25) is 0 Å². The molecule has 35 heavy (non-hydrogen) atoms. The molecule has 21 heteroatoms. The number of hydrogen-bond acceptors (Lipinski definition) is 13. The number of hydrogen-bond donors (Lipinski definition) is 4. The Kier molecular flexibility index (Phi) is 11.0. The maximum absolute atomic E-state index is 12.2. The van der Waals surface area contributed by atoms with E-state index in [2.05, 4.69) is 18.1 Å². The minimum Gasteiger partial charge on any atom is -0.361 e. The van der Waals surface area contributed by atoms with Crippen LogP contribution in [-0.2, 0) is 40.8 Å². The number of aryl methyl sites for hydroxylation is 1. The Hall–Kier alpha value is -0.290. The summed E-state index contributed by atoms with van der Waals surface area (Å²) in [5.41, 5.74) is -1.46. The lowest BCUT2D eigenvalue weighted by Gasteiger charge is -2.23. The topological polar surface area (TPSA) is 222 Å². The van der Waals surface area contributed by atoms with E-state index in [4.69, 9.17) is 18.9 Å². The van der Waals surface area contributed by atoms with Gasteiger partial charge in [-0.15, -0.1) is 0 Å². The van der Waals surface area contributed by atoms with Crippen LogP contribution in [0.1, 0.15) is 25.1 Å². The molecule has 4 N–H and O–H groups in total. The van der Waals surface area contributed by atoms with Crippen molar-refractivity contribution in [1.82, 2.24) is 9.55 Å². The van der Waals surface area contributed by atoms with E-state index in [1.54, 1.807) is 6.92 Å². The maximum Gasteiger partial charge on any atom is 0.490 e. The van der Waals surface area contributed by atoms with Crippen molar-refractivity contribution in [2.75, 3.05) is 20.0 Å². The quantitative estimate of drug-likeness (QED) is 0.144. The molecule has 0 spiro atoms. The van der Waals surface area contributed by atoms with Gasteiger partial charge in [0.15, 0.2) is 0 Å². The first kappa shape index (κ1) is 30.9. The summed E-state index contributed by atoms with van der Waals surface area (Å²) in [5.74, 6) is 0. The fourth-order valence-electron chi connectivity index (χ4n) is 2.87. The van der Waals surface area contributed by atoms with Gasteiger partial charge >= 0.3 is 29.2 Å². The molecule has 2 heterocycles. The van der Waals surface area contributed by atoms with Crippen LogP contribution in [0.5, 0.6) is 0 Å². The van der Waals surface area contributed by atoms with Crippen LogP contribution >= 0.6 is 45.1 Å². The number of ether oxygens (including phenoxy) is 2. The van der Waals surface area contributed by atoms with E-state index >= 15 is 0 Å². The third kappa shape index (κ3) is 9.51. The number of aromatic amines is 1.